The molecule has 75 heavy (non-hydrogen) atoms. The van der Waals surface area contributed by atoms with Crippen LogP contribution in [0.15, 0.2) is 255 Å². The average molecular weight is 959 g/mol. The van der Waals surface area contributed by atoms with Gasteiger partial charge in [0.15, 0.2) is 17.5 Å². The SMILES string of the molecule is c1ccc(-c2nc(-c3ccccc3)nc(-c3ncc(-n4c5ccc(-c6ccc7c(c6)c6ccccc6n7-c6ccccc6)cc5c5cc(-c6ccc7c(c6)c6ccccc6n7-c6ccccc6)ccc54)cn3)n2)cc1. The fourth-order valence-corrected chi connectivity index (χ4v) is 11.1. The van der Waals surface area contributed by atoms with Crippen molar-refractivity contribution in [2.45, 2.75) is 0 Å². The minimum atomic E-state index is 0.401. The van der Waals surface area contributed by atoms with Crippen molar-refractivity contribution in [2.24, 2.45) is 0 Å². The Labute approximate surface area is 430 Å². The lowest BCUT2D eigenvalue weighted by molar-refractivity contribution is 1.01. The molecular weight excluding hydrogens is 917 g/mol. The lowest BCUT2D eigenvalue weighted by Gasteiger charge is -2.10. The summed E-state index contributed by atoms with van der Waals surface area (Å²) in [4.78, 5) is 24.7. The Hall–Kier alpha value is -10.3. The topological polar surface area (TPSA) is 79.2 Å². The molecule has 10 aromatic carbocycles. The average Bonchev–Trinajstić information content (AvgIpc) is 4.18. The summed E-state index contributed by atoms with van der Waals surface area (Å²) in [5.74, 6) is 1.93. The van der Waals surface area contributed by atoms with Crippen LogP contribution < -0.4 is 0 Å². The van der Waals surface area contributed by atoms with E-state index in [4.69, 9.17) is 24.9 Å². The summed E-state index contributed by atoms with van der Waals surface area (Å²) in [7, 11) is 0. The van der Waals surface area contributed by atoms with E-state index in [0.717, 1.165) is 72.2 Å². The van der Waals surface area contributed by atoms with Gasteiger partial charge in [0.05, 0.1) is 51.2 Å². The highest BCUT2D eigenvalue weighted by atomic mass is 15.1. The van der Waals surface area contributed by atoms with Crippen LogP contribution in [0.4, 0.5) is 0 Å². The number of hydrogen-bond donors (Lipinski definition) is 0. The van der Waals surface area contributed by atoms with Crippen LogP contribution in [0.3, 0.4) is 0 Å². The number of aromatic nitrogens is 8. The first-order chi connectivity index (χ1) is 37.2. The van der Waals surface area contributed by atoms with Gasteiger partial charge in [-0.25, -0.2) is 24.9 Å². The summed E-state index contributed by atoms with van der Waals surface area (Å²) in [5.41, 5.74) is 16.2. The largest absolute Gasteiger partial charge is 0.309 e. The molecular formula is C67H42N8. The molecule has 0 saturated heterocycles. The van der Waals surface area contributed by atoms with Crippen LogP contribution in [0.2, 0.25) is 0 Å². The Morgan fingerprint density at radius 2 is 0.520 bits per heavy atom. The van der Waals surface area contributed by atoms with E-state index in [9.17, 15) is 0 Å². The van der Waals surface area contributed by atoms with E-state index in [1.165, 1.54) is 43.6 Å². The zero-order valence-corrected chi connectivity index (χ0v) is 40.3. The lowest BCUT2D eigenvalue weighted by atomic mass is 9.98. The van der Waals surface area contributed by atoms with Crippen molar-refractivity contribution in [3.05, 3.63) is 255 Å². The molecule has 350 valence electrons. The first kappa shape index (κ1) is 42.4. The molecule has 0 saturated carbocycles. The molecule has 0 unspecified atom stereocenters. The third kappa shape index (κ3) is 7.03. The molecule has 15 aromatic rings. The Kier molecular flexibility index (Phi) is 9.71. The van der Waals surface area contributed by atoms with Crippen molar-refractivity contribution in [2.75, 3.05) is 0 Å². The van der Waals surface area contributed by atoms with Gasteiger partial charge in [-0.2, -0.15) is 0 Å². The number of rotatable bonds is 8. The third-order valence-electron chi connectivity index (χ3n) is 14.6. The highest BCUT2D eigenvalue weighted by Crippen LogP contribution is 2.41. The molecule has 8 heteroatoms. The van der Waals surface area contributed by atoms with E-state index in [2.05, 4.69) is 196 Å². The molecule has 0 amide bonds. The van der Waals surface area contributed by atoms with E-state index in [-0.39, 0.29) is 0 Å². The molecule has 0 aliphatic heterocycles. The molecule has 5 aromatic heterocycles. The van der Waals surface area contributed by atoms with Gasteiger partial charge in [0.1, 0.15) is 0 Å². The van der Waals surface area contributed by atoms with Gasteiger partial charge in [-0.15, -0.1) is 0 Å². The summed E-state index contributed by atoms with van der Waals surface area (Å²) in [6, 6.07) is 86.0. The molecule has 0 fully saturated rings. The number of fused-ring (bicyclic) bond motifs is 9. The van der Waals surface area contributed by atoms with Gasteiger partial charge in [0.2, 0.25) is 5.82 Å². The molecule has 0 aliphatic rings. The van der Waals surface area contributed by atoms with Crippen molar-refractivity contribution in [1.29, 1.82) is 0 Å². The maximum atomic E-state index is 4.98. The number of para-hydroxylation sites is 4. The van der Waals surface area contributed by atoms with Gasteiger partial charge in [-0.05, 0) is 107 Å². The minimum Gasteiger partial charge on any atom is -0.309 e. The quantitative estimate of drug-likeness (QED) is 0.152. The highest BCUT2D eigenvalue weighted by Gasteiger charge is 2.20. The summed E-state index contributed by atoms with van der Waals surface area (Å²) in [6.07, 6.45) is 3.76. The fourth-order valence-electron chi connectivity index (χ4n) is 11.1. The summed E-state index contributed by atoms with van der Waals surface area (Å²) in [6.45, 7) is 0. The van der Waals surface area contributed by atoms with Gasteiger partial charge in [0, 0.05) is 54.8 Å². The van der Waals surface area contributed by atoms with E-state index >= 15 is 0 Å². The van der Waals surface area contributed by atoms with E-state index in [1.54, 1.807) is 0 Å². The van der Waals surface area contributed by atoms with Crippen molar-refractivity contribution in [3.8, 4) is 73.7 Å². The molecule has 0 spiro atoms. The zero-order chi connectivity index (χ0) is 49.4. The van der Waals surface area contributed by atoms with Gasteiger partial charge < -0.3 is 13.7 Å². The lowest BCUT2D eigenvalue weighted by Crippen LogP contribution is -2.03. The number of hydrogen-bond acceptors (Lipinski definition) is 5. The van der Waals surface area contributed by atoms with Crippen LogP contribution in [-0.2, 0) is 0 Å². The third-order valence-corrected chi connectivity index (χ3v) is 14.6. The van der Waals surface area contributed by atoms with Crippen LogP contribution in [-0.4, -0.2) is 38.6 Å². The predicted molar refractivity (Wildman–Crippen MR) is 306 cm³/mol. The molecule has 8 nitrogen and oxygen atoms in total. The first-order valence-electron chi connectivity index (χ1n) is 25.1. The normalized spacial score (nSPS) is 11.7. The molecule has 0 atom stereocenters. The van der Waals surface area contributed by atoms with Gasteiger partial charge in [-0.1, -0.05) is 158 Å². The maximum absolute atomic E-state index is 4.98. The molecule has 5 heterocycles. The molecule has 0 N–H and O–H groups in total. The highest BCUT2D eigenvalue weighted by molar-refractivity contribution is 6.14. The van der Waals surface area contributed by atoms with Crippen molar-refractivity contribution in [3.63, 3.8) is 0 Å². The standard InChI is InChI=1S/C67H42N8/c1-5-17-43(18-6-1)64-70-65(44-19-7-2-8-20-44)72-67(71-64)66-68-41-51(42-69-66)75-62-35-31-47(45-29-33-60-54(37-45)52-25-13-15-27-58(52)73(60)49-21-9-3-10-22-49)39-56(62)57-40-48(32-36-63(57)75)46-30-34-61-55(38-46)53-26-14-16-28-59(53)74(61)50-23-11-4-12-24-50/h1-42H. The Morgan fingerprint density at radius 1 is 0.213 bits per heavy atom. The second-order valence-corrected chi connectivity index (χ2v) is 18.9. The van der Waals surface area contributed by atoms with Gasteiger partial charge in [0.25, 0.3) is 0 Å². The van der Waals surface area contributed by atoms with Gasteiger partial charge in [-0.3, -0.25) is 0 Å². The zero-order valence-electron chi connectivity index (χ0n) is 40.3. The number of benzene rings is 10. The Balaban J connectivity index is 0.897. The maximum Gasteiger partial charge on any atom is 0.201 e. The number of nitrogens with zero attached hydrogens (tertiary/aromatic N) is 8. The van der Waals surface area contributed by atoms with Crippen molar-refractivity contribution < 1.29 is 0 Å². The predicted octanol–water partition coefficient (Wildman–Crippen LogP) is 16.3. The van der Waals surface area contributed by atoms with E-state index in [0.29, 0.717) is 23.3 Å². The monoisotopic (exact) mass is 958 g/mol. The first-order valence-corrected chi connectivity index (χ1v) is 25.1. The van der Waals surface area contributed by atoms with Gasteiger partial charge >= 0.3 is 0 Å². The summed E-state index contributed by atoms with van der Waals surface area (Å²) >= 11 is 0. The van der Waals surface area contributed by atoms with Crippen LogP contribution in [0.5, 0.6) is 0 Å². The smallest absolute Gasteiger partial charge is 0.201 e. The van der Waals surface area contributed by atoms with Crippen molar-refractivity contribution >= 4 is 65.4 Å². The van der Waals surface area contributed by atoms with Crippen LogP contribution in [0.25, 0.3) is 139 Å². The van der Waals surface area contributed by atoms with Crippen LogP contribution in [0, 0.1) is 0 Å². The second-order valence-electron chi connectivity index (χ2n) is 18.9. The molecule has 0 bridgehead atoms. The Bertz CT molecular complexity index is 4400. The summed E-state index contributed by atoms with van der Waals surface area (Å²) < 4.78 is 7.00. The molecule has 15 rings (SSSR count). The fraction of sp³-hybridized carbons (Fsp3) is 0. The van der Waals surface area contributed by atoms with E-state index in [1.807, 2.05) is 73.1 Å². The van der Waals surface area contributed by atoms with Crippen molar-refractivity contribution in [1.82, 2.24) is 38.6 Å². The molecule has 0 aliphatic carbocycles. The second kappa shape index (κ2) is 17.2. The summed E-state index contributed by atoms with van der Waals surface area (Å²) in [5, 5.41) is 7.11. The molecule has 0 radical (unpaired) electrons. The minimum absolute atomic E-state index is 0.401. The van der Waals surface area contributed by atoms with E-state index < -0.39 is 0 Å². The van der Waals surface area contributed by atoms with Crippen LogP contribution >= 0.6 is 0 Å². The Morgan fingerprint density at radius 3 is 0.920 bits per heavy atom. The van der Waals surface area contributed by atoms with Crippen LogP contribution in [0.1, 0.15) is 0 Å².